The molecule has 0 radical (unpaired) electrons. The molecule has 9 heavy (non-hydrogen) atoms. The summed E-state index contributed by atoms with van der Waals surface area (Å²) in [6.45, 7) is 0. The molecule has 0 aliphatic carbocycles. The van der Waals surface area contributed by atoms with Crippen LogP contribution in [0.3, 0.4) is 0 Å². The standard InChI is InChI=1S/C3H7NO3S2/c5-9(6,7)4-3-1-8-2-3/h3-4H,1-2H2,(H,5,6,7). The number of hydrogen-bond donors (Lipinski definition) is 2. The highest BCUT2D eigenvalue weighted by Gasteiger charge is 2.21. The fourth-order valence-corrected chi connectivity index (χ4v) is 1.95. The van der Waals surface area contributed by atoms with E-state index in [0.29, 0.717) is 0 Å². The summed E-state index contributed by atoms with van der Waals surface area (Å²) >= 11 is 1.65. The molecule has 4 nitrogen and oxygen atoms in total. The third-order valence-electron chi connectivity index (χ3n) is 0.954. The van der Waals surface area contributed by atoms with Crippen molar-refractivity contribution in [1.82, 2.24) is 4.72 Å². The lowest BCUT2D eigenvalue weighted by Crippen LogP contribution is -2.43. The van der Waals surface area contributed by atoms with Crippen LogP contribution in [0.4, 0.5) is 0 Å². The molecule has 54 valence electrons. The topological polar surface area (TPSA) is 66.4 Å². The van der Waals surface area contributed by atoms with Crippen LogP contribution in [0, 0.1) is 0 Å². The molecule has 1 aliphatic heterocycles. The molecule has 2 N–H and O–H groups in total. The van der Waals surface area contributed by atoms with E-state index in [-0.39, 0.29) is 6.04 Å². The summed E-state index contributed by atoms with van der Waals surface area (Å²) in [5.74, 6) is 1.53. The maximum Gasteiger partial charge on any atom is 0.333 e. The second kappa shape index (κ2) is 2.45. The van der Waals surface area contributed by atoms with Crippen LogP contribution < -0.4 is 4.72 Å². The van der Waals surface area contributed by atoms with Gasteiger partial charge in [0.1, 0.15) is 0 Å². The molecule has 0 spiro atoms. The lowest BCUT2D eigenvalue weighted by molar-refractivity contribution is 0.459. The molecule has 0 atom stereocenters. The van der Waals surface area contributed by atoms with Crippen molar-refractivity contribution in [3.63, 3.8) is 0 Å². The number of hydrogen-bond acceptors (Lipinski definition) is 3. The van der Waals surface area contributed by atoms with E-state index in [1.165, 1.54) is 0 Å². The highest BCUT2D eigenvalue weighted by molar-refractivity contribution is 8.00. The van der Waals surface area contributed by atoms with Crippen molar-refractivity contribution in [2.75, 3.05) is 11.5 Å². The maximum absolute atomic E-state index is 10.1. The van der Waals surface area contributed by atoms with Crippen molar-refractivity contribution in [3.05, 3.63) is 0 Å². The first-order valence-corrected chi connectivity index (χ1v) is 5.00. The van der Waals surface area contributed by atoms with E-state index in [4.69, 9.17) is 4.55 Å². The minimum atomic E-state index is -3.95. The van der Waals surface area contributed by atoms with Crippen LogP contribution >= 0.6 is 11.8 Å². The molecule has 1 aliphatic rings. The van der Waals surface area contributed by atoms with Crippen LogP contribution in [-0.4, -0.2) is 30.5 Å². The van der Waals surface area contributed by atoms with E-state index < -0.39 is 10.3 Å². The van der Waals surface area contributed by atoms with Gasteiger partial charge < -0.3 is 0 Å². The maximum atomic E-state index is 10.1. The van der Waals surface area contributed by atoms with E-state index >= 15 is 0 Å². The fourth-order valence-electron chi connectivity index (χ4n) is 0.514. The van der Waals surface area contributed by atoms with Gasteiger partial charge in [-0.3, -0.25) is 4.55 Å². The first-order chi connectivity index (χ1) is 4.08. The Labute approximate surface area is 57.9 Å². The third kappa shape index (κ3) is 2.53. The molecule has 0 aromatic heterocycles. The molecule has 0 bridgehead atoms. The van der Waals surface area contributed by atoms with Gasteiger partial charge >= 0.3 is 10.3 Å². The van der Waals surface area contributed by atoms with Gasteiger partial charge in [-0.1, -0.05) is 0 Å². The van der Waals surface area contributed by atoms with E-state index in [1.807, 2.05) is 0 Å². The van der Waals surface area contributed by atoms with Crippen molar-refractivity contribution in [2.45, 2.75) is 6.04 Å². The summed E-state index contributed by atoms with van der Waals surface area (Å²) in [6.07, 6.45) is 0. The first-order valence-electron chi connectivity index (χ1n) is 2.40. The molecule has 1 heterocycles. The largest absolute Gasteiger partial charge is 0.333 e. The molecule has 0 unspecified atom stereocenters. The van der Waals surface area contributed by atoms with Gasteiger partial charge in [-0.15, -0.1) is 0 Å². The Hall–Kier alpha value is 0.220. The Morgan fingerprint density at radius 2 is 2.11 bits per heavy atom. The summed E-state index contributed by atoms with van der Waals surface area (Å²) in [5, 5.41) is 0. The van der Waals surface area contributed by atoms with Gasteiger partial charge in [0.25, 0.3) is 0 Å². The number of nitrogens with one attached hydrogen (secondary N) is 1. The van der Waals surface area contributed by atoms with Crippen LogP contribution in [0.2, 0.25) is 0 Å². The molecule has 0 aromatic carbocycles. The van der Waals surface area contributed by atoms with Crippen LogP contribution in [0.1, 0.15) is 0 Å². The Bertz CT molecular complexity index is 183. The highest BCUT2D eigenvalue weighted by atomic mass is 32.2. The number of rotatable bonds is 2. The van der Waals surface area contributed by atoms with Crippen LogP contribution in [0.5, 0.6) is 0 Å². The zero-order valence-electron chi connectivity index (χ0n) is 4.57. The highest BCUT2D eigenvalue weighted by Crippen LogP contribution is 2.17. The Balaban J connectivity index is 2.33. The van der Waals surface area contributed by atoms with Crippen molar-refractivity contribution in [1.29, 1.82) is 0 Å². The molecule has 1 fully saturated rings. The summed E-state index contributed by atoms with van der Waals surface area (Å²) in [4.78, 5) is 0. The molecule has 0 aromatic rings. The minimum Gasteiger partial charge on any atom is -0.273 e. The monoisotopic (exact) mass is 169 g/mol. The Morgan fingerprint density at radius 1 is 1.56 bits per heavy atom. The van der Waals surface area contributed by atoms with Crippen molar-refractivity contribution in [2.24, 2.45) is 0 Å². The van der Waals surface area contributed by atoms with Gasteiger partial charge in [0.15, 0.2) is 0 Å². The molecule has 1 saturated heterocycles. The minimum absolute atomic E-state index is 0.0509. The summed E-state index contributed by atoms with van der Waals surface area (Å²) in [7, 11) is -3.95. The van der Waals surface area contributed by atoms with Crippen LogP contribution in [-0.2, 0) is 10.3 Å². The normalized spacial score (nSPS) is 21.4. The molecule has 0 saturated carbocycles. The van der Waals surface area contributed by atoms with Gasteiger partial charge in [-0.05, 0) is 0 Å². The van der Waals surface area contributed by atoms with E-state index in [2.05, 4.69) is 4.72 Å². The first kappa shape index (κ1) is 7.33. The van der Waals surface area contributed by atoms with Gasteiger partial charge in [0.2, 0.25) is 0 Å². The quantitative estimate of drug-likeness (QED) is 0.547. The zero-order valence-corrected chi connectivity index (χ0v) is 6.20. The average Bonchev–Trinajstić information content (AvgIpc) is 1.53. The molecular formula is C3H7NO3S2. The predicted molar refractivity (Wildman–Crippen MR) is 35.8 cm³/mol. The molecule has 6 heteroatoms. The van der Waals surface area contributed by atoms with Crippen LogP contribution in [0.25, 0.3) is 0 Å². The fraction of sp³-hybridized carbons (Fsp3) is 1.00. The molecule has 1 rings (SSSR count). The van der Waals surface area contributed by atoms with E-state index in [0.717, 1.165) is 11.5 Å². The molecular weight excluding hydrogens is 162 g/mol. The second-order valence-electron chi connectivity index (χ2n) is 1.83. The van der Waals surface area contributed by atoms with E-state index in [9.17, 15) is 8.42 Å². The second-order valence-corrected chi connectivity index (χ2v) is 4.09. The lowest BCUT2D eigenvalue weighted by Gasteiger charge is -2.23. The summed E-state index contributed by atoms with van der Waals surface area (Å²) in [5.41, 5.74) is 0. The zero-order chi connectivity index (χ0) is 6.91. The number of thioether (sulfide) groups is 1. The Morgan fingerprint density at radius 3 is 2.22 bits per heavy atom. The van der Waals surface area contributed by atoms with Gasteiger partial charge in [0, 0.05) is 17.5 Å². The van der Waals surface area contributed by atoms with Gasteiger partial charge in [-0.2, -0.15) is 24.9 Å². The SMILES string of the molecule is O=S(=O)(O)NC1CSC1. The molecule has 0 amide bonds. The smallest absolute Gasteiger partial charge is 0.273 e. The van der Waals surface area contributed by atoms with Gasteiger partial charge in [-0.25, -0.2) is 0 Å². The predicted octanol–water partition coefficient (Wildman–Crippen LogP) is -0.506. The van der Waals surface area contributed by atoms with Gasteiger partial charge in [0.05, 0.1) is 0 Å². The van der Waals surface area contributed by atoms with E-state index in [1.54, 1.807) is 11.8 Å². The Kier molecular flexibility index (Phi) is 2.00. The third-order valence-corrected chi connectivity index (χ3v) is 2.86. The van der Waals surface area contributed by atoms with Crippen LogP contribution in [0.15, 0.2) is 0 Å². The lowest BCUT2D eigenvalue weighted by atomic mass is 10.4. The summed E-state index contributed by atoms with van der Waals surface area (Å²) < 4.78 is 30.4. The van der Waals surface area contributed by atoms with Crippen molar-refractivity contribution in [3.8, 4) is 0 Å². The average molecular weight is 169 g/mol. The van der Waals surface area contributed by atoms with Crippen molar-refractivity contribution < 1.29 is 13.0 Å². The van der Waals surface area contributed by atoms with Crippen molar-refractivity contribution >= 4 is 22.1 Å². The summed E-state index contributed by atoms with van der Waals surface area (Å²) in [6, 6.07) is -0.0509.